The van der Waals surface area contributed by atoms with Crippen LogP contribution in [-0.4, -0.2) is 73.5 Å². The van der Waals surface area contributed by atoms with Crippen LogP contribution in [0.1, 0.15) is 66.5 Å². The molecule has 0 radical (unpaired) electrons. The fourth-order valence-electron chi connectivity index (χ4n) is 5.64. The van der Waals surface area contributed by atoms with Gasteiger partial charge in [-0.15, -0.1) is 0 Å². The van der Waals surface area contributed by atoms with Crippen molar-refractivity contribution in [2.45, 2.75) is 70.9 Å². The number of hydrogen-bond donors (Lipinski definition) is 5. The molecule has 234 valence electrons. The molecule has 1 heterocycles. The van der Waals surface area contributed by atoms with Gasteiger partial charge in [-0.3, -0.25) is 9.59 Å². The van der Waals surface area contributed by atoms with Gasteiger partial charge in [0.25, 0.3) is 5.91 Å². The molecule has 0 saturated heterocycles. The van der Waals surface area contributed by atoms with Crippen LogP contribution in [0.3, 0.4) is 0 Å². The van der Waals surface area contributed by atoms with Gasteiger partial charge in [0.2, 0.25) is 0 Å². The van der Waals surface area contributed by atoms with Gasteiger partial charge >= 0.3 is 35.5 Å². The monoisotopic (exact) mass is 625 g/mol. The second-order valence-corrected chi connectivity index (χ2v) is 11.3. The molecule has 6 N–H and O–H groups in total. The topological polar surface area (TPSA) is 138 Å². The average molecular weight is 626 g/mol. The Balaban J connectivity index is 0.00000552. The molecule has 0 aliphatic rings. The van der Waals surface area contributed by atoms with Crippen LogP contribution in [0.5, 0.6) is 0 Å². The predicted molar refractivity (Wildman–Crippen MR) is 176 cm³/mol. The molecule has 1 amide bonds. The van der Waals surface area contributed by atoms with Gasteiger partial charge < -0.3 is 30.9 Å². The van der Waals surface area contributed by atoms with Crippen molar-refractivity contribution in [2.75, 3.05) is 0 Å². The summed E-state index contributed by atoms with van der Waals surface area (Å²) < 4.78 is 16.0. The van der Waals surface area contributed by atoms with Crippen molar-refractivity contribution < 1.29 is 29.3 Å². The van der Waals surface area contributed by atoms with Crippen molar-refractivity contribution in [3.8, 4) is 22.3 Å². The van der Waals surface area contributed by atoms with Crippen LogP contribution in [0.4, 0.5) is 4.39 Å². The van der Waals surface area contributed by atoms with Crippen LogP contribution in [0, 0.1) is 5.82 Å². The Hall–Kier alpha value is -3.31. The number of carboxylic acid groups (broad SMARTS) is 1. The van der Waals surface area contributed by atoms with Crippen molar-refractivity contribution >= 4 is 41.4 Å². The number of benzene rings is 3. The van der Waals surface area contributed by atoms with Gasteiger partial charge in [0, 0.05) is 36.0 Å². The summed E-state index contributed by atoms with van der Waals surface area (Å²) in [5.41, 5.74) is 11.8. The number of carbonyl (C=O) groups is 2. The summed E-state index contributed by atoms with van der Waals surface area (Å²) in [4.78, 5) is 25.2. The summed E-state index contributed by atoms with van der Waals surface area (Å²) in [5, 5.41) is 33.0. The van der Waals surface area contributed by atoms with Gasteiger partial charge in [0.1, 0.15) is 11.5 Å². The Bertz CT molecular complexity index is 1570. The van der Waals surface area contributed by atoms with Crippen molar-refractivity contribution in [1.29, 1.82) is 0 Å². The second kappa shape index (κ2) is 16.8. The molecule has 0 aliphatic carbocycles. The average Bonchev–Trinajstić information content (AvgIpc) is 3.35. The summed E-state index contributed by atoms with van der Waals surface area (Å²) in [6, 6.07) is 23.2. The number of rotatable bonds is 14. The number of nitrogens with zero attached hydrogens (tertiary/aromatic N) is 1. The van der Waals surface area contributed by atoms with Crippen LogP contribution >= 0.6 is 0 Å². The Morgan fingerprint density at radius 2 is 1.53 bits per heavy atom. The third kappa shape index (κ3) is 9.36. The summed E-state index contributed by atoms with van der Waals surface area (Å²) in [5.74, 6) is -1.82. The minimum absolute atomic E-state index is 0. The fraction of sp³-hybridized carbons (Fsp3) is 0.314. The molecule has 0 spiro atoms. The molecule has 0 fully saturated rings. The zero-order valence-corrected chi connectivity index (χ0v) is 25.0. The van der Waals surface area contributed by atoms with E-state index >= 15 is 0 Å². The molecule has 4 rings (SSSR count). The first-order valence-electron chi connectivity index (χ1n) is 14.8. The zero-order valence-electron chi connectivity index (χ0n) is 25.0. The molecule has 8 nitrogen and oxygen atoms in total. The number of carbonyl (C=O) groups excluding carboxylic acids is 1. The van der Waals surface area contributed by atoms with E-state index in [-0.39, 0.29) is 66.7 Å². The van der Waals surface area contributed by atoms with E-state index in [0.717, 1.165) is 27.9 Å². The first kappa shape index (κ1) is 36.2. The molecule has 0 unspecified atom stereocenters. The predicted octanol–water partition coefficient (Wildman–Crippen LogP) is 4.80. The maximum atomic E-state index is 14.2. The number of aliphatic hydroxyl groups is 2. The molecule has 0 saturated carbocycles. The standard InChI is InChI=1S/C35H40FN3O5.Na.H/c1-22(2)39-30(16-15-28(40)18-29(41)19-31(42)43)32(26-11-13-27(36)14-12-26)33(25-9-4-3-5-10-25)34(39)35(44)38-21-24-8-6-7-23(17-24)20-37;;/h3-14,17,22,28-29,40-41H,15-16,18-21,37H2,1-2H3,(H,38,44)(H,42,43);;/t28-,29-;;/m1../s1. The van der Waals surface area contributed by atoms with Crippen LogP contribution in [0.15, 0.2) is 78.9 Å². The maximum absolute atomic E-state index is 14.2. The Labute approximate surface area is 285 Å². The van der Waals surface area contributed by atoms with Gasteiger partial charge in [0.05, 0.1) is 18.6 Å². The van der Waals surface area contributed by atoms with Crippen molar-refractivity contribution in [2.24, 2.45) is 5.73 Å². The molecule has 10 heteroatoms. The number of amides is 1. The summed E-state index contributed by atoms with van der Waals surface area (Å²) in [6.07, 6.45) is -2.19. The van der Waals surface area contributed by atoms with Gasteiger partial charge in [-0.1, -0.05) is 66.7 Å². The zero-order chi connectivity index (χ0) is 31.8. The summed E-state index contributed by atoms with van der Waals surface area (Å²) in [6.45, 7) is 4.62. The summed E-state index contributed by atoms with van der Waals surface area (Å²) >= 11 is 0. The Morgan fingerprint density at radius 3 is 2.16 bits per heavy atom. The van der Waals surface area contributed by atoms with E-state index in [2.05, 4.69) is 5.32 Å². The number of hydrogen-bond acceptors (Lipinski definition) is 5. The number of aliphatic hydroxyl groups excluding tert-OH is 2. The fourth-order valence-corrected chi connectivity index (χ4v) is 5.64. The van der Waals surface area contributed by atoms with Crippen LogP contribution in [-0.2, 0) is 24.3 Å². The van der Waals surface area contributed by atoms with E-state index in [9.17, 15) is 24.2 Å². The molecular formula is C35H41FN3NaO5. The normalized spacial score (nSPS) is 12.4. The van der Waals surface area contributed by atoms with E-state index in [0.29, 0.717) is 29.8 Å². The van der Waals surface area contributed by atoms with E-state index in [1.165, 1.54) is 12.1 Å². The first-order valence-corrected chi connectivity index (χ1v) is 14.8. The third-order valence-electron chi connectivity index (χ3n) is 7.58. The van der Waals surface area contributed by atoms with Crippen LogP contribution in [0.2, 0.25) is 0 Å². The molecule has 2 atom stereocenters. The Morgan fingerprint density at radius 1 is 0.889 bits per heavy atom. The minimum atomic E-state index is -1.19. The number of aromatic nitrogens is 1. The van der Waals surface area contributed by atoms with E-state index in [1.54, 1.807) is 12.1 Å². The molecule has 4 aromatic rings. The van der Waals surface area contributed by atoms with Crippen LogP contribution < -0.4 is 11.1 Å². The molecular weight excluding hydrogens is 584 g/mol. The summed E-state index contributed by atoms with van der Waals surface area (Å²) in [7, 11) is 0. The quantitative estimate of drug-likeness (QED) is 0.128. The number of carboxylic acids is 1. The van der Waals surface area contributed by atoms with E-state index in [1.807, 2.05) is 73.0 Å². The SMILES string of the molecule is CC(C)n1c(CC[C@@H](O)C[C@@H](O)CC(=O)O)c(-c2ccc(F)cc2)c(-c2ccccc2)c1C(=O)NCc1cccc(CN)c1.[NaH]. The van der Waals surface area contributed by atoms with E-state index < -0.39 is 24.6 Å². The molecule has 0 aliphatic heterocycles. The second-order valence-electron chi connectivity index (χ2n) is 11.3. The number of halogens is 1. The molecule has 0 bridgehead atoms. The van der Waals surface area contributed by atoms with Gasteiger partial charge in [0.15, 0.2) is 0 Å². The van der Waals surface area contributed by atoms with Crippen molar-refractivity contribution in [3.63, 3.8) is 0 Å². The third-order valence-corrected chi connectivity index (χ3v) is 7.58. The van der Waals surface area contributed by atoms with Crippen molar-refractivity contribution in [3.05, 3.63) is 107 Å². The van der Waals surface area contributed by atoms with Gasteiger partial charge in [-0.2, -0.15) is 0 Å². The first-order chi connectivity index (χ1) is 21.1. The van der Waals surface area contributed by atoms with E-state index in [4.69, 9.17) is 10.8 Å². The molecule has 1 aromatic heterocycles. The number of aliphatic carboxylic acids is 1. The van der Waals surface area contributed by atoms with Crippen molar-refractivity contribution in [1.82, 2.24) is 9.88 Å². The number of nitrogens with two attached hydrogens (primary N) is 1. The Kier molecular flexibility index (Phi) is 13.5. The number of nitrogens with one attached hydrogen (secondary N) is 1. The molecule has 3 aromatic carbocycles. The molecule has 45 heavy (non-hydrogen) atoms. The van der Waals surface area contributed by atoms with Crippen LogP contribution in [0.25, 0.3) is 22.3 Å². The van der Waals surface area contributed by atoms with Gasteiger partial charge in [-0.25, -0.2) is 4.39 Å². The van der Waals surface area contributed by atoms with Gasteiger partial charge in [-0.05, 0) is 67.5 Å².